The van der Waals surface area contributed by atoms with Gasteiger partial charge in [0.25, 0.3) is 0 Å². The van der Waals surface area contributed by atoms with Crippen LogP contribution in [0.4, 0.5) is 0 Å². The normalized spacial score (nSPS) is 11.9. The number of aromatic amines is 1. The maximum Gasteiger partial charge on any atom is 0.243 e. The van der Waals surface area contributed by atoms with E-state index in [1.807, 2.05) is 48.7 Å². The fourth-order valence-corrected chi connectivity index (χ4v) is 3.48. The van der Waals surface area contributed by atoms with Crippen molar-refractivity contribution in [3.8, 4) is 16.5 Å². The van der Waals surface area contributed by atoms with Crippen molar-refractivity contribution >= 4 is 29.5 Å². The first-order valence-electron chi connectivity index (χ1n) is 7.71. The van der Waals surface area contributed by atoms with E-state index in [1.165, 1.54) is 0 Å². The lowest BCUT2D eigenvalue weighted by Crippen LogP contribution is -2.31. The Balaban J connectivity index is 1.75. The van der Waals surface area contributed by atoms with Gasteiger partial charge in [0.05, 0.1) is 12.0 Å². The number of methoxy groups -OCH3 is 1. The second-order valence-corrected chi connectivity index (χ2v) is 6.78. The number of aromatic nitrogens is 3. The Hall–Kier alpha value is -2.45. The second kappa shape index (κ2) is 7.62. The van der Waals surface area contributed by atoms with Gasteiger partial charge in [-0.15, -0.1) is 11.3 Å². The molecule has 2 aromatic heterocycles. The van der Waals surface area contributed by atoms with Crippen molar-refractivity contribution in [1.29, 1.82) is 0 Å². The van der Waals surface area contributed by atoms with Crippen molar-refractivity contribution in [1.82, 2.24) is 20.1 Å². The van der Waals surface area contributed by atoms with Crippen LogP contribution in [0.3, 0.4) is 0 Å². The smallest absolute Gasteiger partial charge is 0.243 e. The largest absolute Gasteiger partial charge is 0.497 e. The highest BCUT2D eigenvalue weighted by atomic mass is 32.1. The number of ether oxygens (including phenoxy) is 1. The lowest BCUT2D eigenvalue weighted by Gasteiger charge is -2.15. The molecular weight excluding hydrogens is 356 g/mol. The van der Waals surface area contributed by atoms with Crippen molar-refractivity contribution < 1.29 is 9.53 Å². The maximum absolute atomic E-state index is 12.6. The number of thiophene rings is 1. The van der Waals surface area contributed by atoms with E-state index in [4.69, 9.17) is 17.0 Å². The van der Waals surface area contributed by atoms with Crippen LogP contribution in [0.1, 0.15) is 18.5 Å². The van der Waals surface area contributed by atoms with E-state index >= 15 is 0 Å². The predicted octanol–water partition coefficient (Wildman–Crippen LogP) is 3.56. The molecule has 0 spiro atoms. The first-order chi connectivity index (χ1) is 12.1. The van der Waals surface area contributed by atoms with E-state index in [0.29, 0.717) is 17.1 Å². The number of hydrogen-bond acceptors (Lipinski definition) is 5. The number of benzene rings is 1. The number of nitrogens with zero attached hydrogens (tertiary/aromatic N) is 2. The Bertz CT molecular complexity index is 915. The highest BCUT2D eigenvalue weighted by Crippen LogP contribution is 2.25. The number of carbonyl (C=O) groups excluding carboxylic acids is 1. The number of H-pyrrole nitrogens is 1. The summed E-state index contributed by atoms with van der Waals surface area (Å²) < 4.78 is 7.36. The molecule has 3 rings (SSSR count). The quantitative estimate of drug-likeness (QED) is 0.647. The molecule has 0 saturated carbocycles. The van der Waals surface area contributed by atoms with Gasteiger partial charge in [-0.05, 0) is 48.3 Å². The van der Waals surface area contributed by atoms with Crippen molar-refractivity contribution in [2.75, 3.05) is 7.11 Å². The third-order valence-corrected chi connectivity index (χ3v) is 4.97. The number of rotatable bonds is 6. The fourth-order valence-electron chi connectivity index (χ4n) is 2.48. The zero-order valence-corrected chi connectivity index (χ0v) is 15.5. The summed E-state index contributed by atoms with van der Waals surface area (Å²) in [7, 11) is 1.62. The number of hydrogen-bond donors (Lipinski definition) is 2. The molecule has 0 aliphatic carbocycles. The highest BCUT2D eigenvalue weighted by Gasteiger charge is 2.21. The topological polar surface area (TPSA) is 71.9 Å². The molecule has 0 radical (unpaired) electrons. The van der Waals surface area contributed by atoms with Gasteiger partial charge in [0.1, 0.15) is 11.8 Å². The fraction of sp³-hybridized carbons (Fsp3) is 0.235. The van der Waals surface area contributed by atoms with Gasteiger partial charge in [-0.25, -0.2) is 0 Å². The Morgan fingerprint density at radius 1 is 1.44 bits per heavy atom. The molecule has 0 aliphatic rings. The summed E-state index contributed by atoms with van der Waals surface area (Å²) in [4.78, 5) is 13.6. The molecule has 8 heteroatoms. The van der Waals surface area contributed by atoms with Gasteiger partial charge in [-0.1, -0.05) is 18.2 Å². The molecule has 1 atom stereocenters. The minimum absolute atomic E-state index is 0.127. The van der Waals surface area contributed by atoms with Crippen LogP contribution in [0.5, 0.6) is 5.75 Å². The third kappa shape index (κ3) is 3.80. The summed E-state index contributed by atoms with van der Waals surface area (Å²) in [6.45, 7) is 2.23. The minimum Gasteiger partial charge on any atom is -0.497 e. The third-order valence-electron chi connectivity index (χ3n) is 3.81. The summed E-state index contributed by atoms with van der Waals surface area (Å²) in [6, 6.07) is 11.0. The molecule has 0 bridgehead atoms. The van der Waals surface area contributed by atoms with Crippen molar-refractivity contribution in [3.05, 3.63) is 52.1 Å². The monoisotopic (exact) mass is 374 g/mol. The number of carbonyl (C=O) groups is 1. The molecule has 0 fully saturated rings. The molecule has 0 unspecified atom stereocenters. The summed E-state index contributed by atoms with van der Waals surface area (Å²) in [5.41, 5.74) is 0.967. The zero-order chi connectivity index (χ0) is 17.8. The summed E-state index contributed by atoms with van der Waals surface area (Å²) in [5.74, 6) is 1.30. The van der Waals surface area contributed by atoms with E-state index in [-0.39, 0.29) is 5.91 Å². The first kappa shape index (κ1) is 17.4. The Labute approximate surface area is 154 Å². The number of amides is 1. The van der Waals surface area contributed by atoms with E-state index in [9.17, 15) is 4.79 Å². The van der Waals surface area contributed by atoms with Crippen LogP contribution < -0.4 is 10.1 Å². The lowest BCUT2D eigenvalue weighted by atomic mass is 10.2. The molecule has 1 aromatic carbocycles. The molecular formula is C17H18N4O2S2. The van der Waals surface area contributed by atoms with Crippen LogP contribution in [0.15, 0.2) is 41.8 Å². The maximum atomic E-state index is 12.6. The van der Waals surface area contributed by atoms with Gasteiger partial charge in [-0.3, -0.25) is 14.5 Å². The first-order valence-corrected chi connectivity index (χ1v) is 9.00. The Morgan fingerprint density at radius 2 is 2.28 bits per heavy atom. The van der Waals surface area contributed by atoms with E-state index < -0.39 is 6.04 Å². The van der Waals surface area contributed by atoms with E-state index in [0.717, 1.165) is 16.2 Å². The van der Waals surface area contributed by atoms with Gasteiger partial charge in [-0.2, -0.15) is 5.10 Å². The molecule has 0 aliphatic heterocycles. The second-order valence-electron chi connectivity index (χ2n) is 5.44. The van der Waals surface area contributed by atoms with Crippen LogP contribution in [0.2, 0.25) is 0 Å². The average Bonchev–Trinajstić information content (AvgIpc) is 3.28. The minimum atomic E-state index is -0.478. The van der Waals surface area contributed by atoms with Gasteiger partial charge in [0, 0.05) is 6.54 Å². The van der Waals surface area contributed by atoms with Gasteiger partial charge in [0.15, 0.2) is 10.6 Å². The summed E-state index contributed by atoms with van der Waals surface area (Å²) in [6.07, 6.45) is 0. The van der Waals surface area contributed by atoms with E-state index in [1.54, 1.807) is 23.0 Å². The van der Waals surface area contributed by atoms with Gasteiger partial charge in [0.2, 0.25) is 5.91 Å². The standard InChI is InChI=1S/C17H18N4O2S2/c1-11(16(22)18-10-12-5-3-6-13(9-12)23-2)21-15(19-20-17(21)24)14-7-4-8-25-14/h3-9,11H,10H2,1-2H3,(H,18,22)(H,20,24)/t11-/m1/s1. The number of nitrogens with one attached hydrogen (secondary N) is 2. The van der Waals surface area contributed by atoms with Crippen LogP contribution in [-0.4, -0.2) is 27.8 Å². The Kier molecular flexibility index (Phi) is 5.30. The molecule has 2 heterocycles. The average molecular weight is 374 g/mol. The molecule has 1 amide bonds. The van der Waals surface area contributed by atoms with Gasteiger partial charge < -0.3 is 10.1 Å². The summed E-state index contributed by atoms with van der Waals surface area (Å²) in [5, 5.41) is 11.9. The van der Waals surface area contributed by atoms with Crippen LogP contribution in [0, 0.1) is 4.77 Å². The van der Waals surface area contributed by atoms with Crippen molar-refractivity contribution in [3.63, 3.8) is 0 Å². The predicted molar refractivity (Wildman–Crippen MR) is 100 cm³/mol. The molecule has 2 N–H and O–H groups in total. The van der Waals surface area contributed by atoms with Crippen LogP contribution in [-0.2, 0) is 11.3 Å². The van der Waals surface area contributed by atoms with Crippen molar-refractivity contribution in [2.24, 2.45) is 0 Å². The van der Waals surface area contributed by atoms with Crippen molar-refractivity contribution in [2.45, 2.75) is 19.5 Å². The SMILES string of the molecule is COc1cccc(CNC(=O)[C@@H](C)n2c(-c3cccs3)n[nH]c2=S)c1. The Morgan fingerprint density at radius 3 is 3.00 bits per heavy atom. The summed E-state index contributed by atoms with van der Waals surface area (Å²) >= 11 is 6.86. The van der Waals surface area contributed by atoms with Gasteiger partial charge >= 0.3 is 0 Å². The molecule has 6 nitrogen and oxygen atoms in total. The zero-order valence-electron chi connectivity index (χ0n) is 13.9. The molecule has 0 saturated heterocycles. The molecule has 25 heavy (non-hydrogen) atoms. The van der Waals surface area contributed by atoms with Crippen LogP contribution in [0.25, 0.3) is 10.7 Å². The van der Waals surface area contributed by atoms with Crippen LogP contribution >= 0.6 is 23.6 Å². The highest BCUT2D eigenvalue weighted by molar-refractivity contribution is 7.71. The molecule has 3 aromatic rings. The van der Waals surface area contributed by atoms with E-state index in [2.05, 4.69) is 15.5 Å². The lowest BCUT2D eigenvalue weighted by molar-refractivity contribution is -0.124. The molecule has 130 valence electrons.